The molecule has 1 atom stereocenters. The van der Waals surface area contributed by atoms with Crippen LogP contribution in [0, 0.1) is 0 Å². The molecule has 132 valence electrons. The summed E-state index contributed by atoms with van der Waals surface area (Å²) in [6, 6.07) is 8.20. The summed E-state index contributed by atoms with van der Waals surface area (Å²) in [6.07, 6.45) is 10.0. The van der Waals surface area contributed by atoms with Gasteiger partial charge in [-0.25, -0.2) is 4.68 Å². The van der Waals surface area contributed by atoms with Crippen molar-refractivity contribution in [2.75, 3.05) is 11.9 Å². The number of likely N-dealkylation sites (tertiary alicyclic amines) is 1. The third-order valence-electron chi connectivity index (χ3n) is 5.37. The fourth-order valence-corrected chi connectivity index (χ4v) is 4.15. The Balaban J connectivity index is 1.45. The minimum Gasteiger partial charge on any atom is -0.325 e. The fraction of sp³-hybridized carbons (Fsp3) is 0.556. The van der Waals surface area contributed by atoms with E-state index >= 15 is 0 Å². The van der Waals surface area contributed by atoms with Crippen molar-refractivity contribution in [1.29, 1.82) is 0 Å². The van der Waals surface area contributed by atoms with Crippen molar-refractivity contribution in [3.63, 3.8) is 0 Å². The highest BCUT2D eigenvalue weighted by atomic mass is 16.2. The zero-order valence-corrected chi connectivity index (χ0v) is 14.3. The minimum absolute atomic E-state index is 0.000192. The second-order valence-corrected chi connectivity index (χ2v) is 6.98. The zero-order valence-electron chi connectivity index (χ0n) is 14.3. The predicted molar refractivity (Wildman–Crippen MR) is 94.4 cm³/mol. The summed E-state index contributed by atoms with van der Waals surface area (Å²) in [4.78, 5) is 15.3. The van der Waals surface area contributed by atoms with E-state index in [1.807, 2.05) is 24.3 Å². The van der Waals surface area contributed by atoms with E-state index in [1.54, 1.807) is 11.0 Å². The van der Waals surface area contributed by atoms with Gasteiger partial charge in [0.15, 0.2) is 0 Å². The van der Waals surface area contributed by atoms with Gasteiger partial charge in [0.05, 0.1) is 11.7 Å². The number of carbonyl (C=O) groups excluding carboxylic acids is 1. The van der Waals surface area contributed by atoms with Crippen LogP contribution in [0.25, 0.3) is 5.69 Å². The first kappa shape index (κ1) is 16.2. The van der Waals surface area contributed by atoms with E-state index in [2.05, 4.69) is 25.7 Å². The number of nitrogens with zero attached hydrogens (tertiary/aromatic N) is 5. The van der Waals surface area contributed by atoms with Crippen LogP contribution in [0.5, 0.6) is 0 Å². The summed E-state index contributed by atoms with van der Waals surface area (Å²) < 4.78 is 1.58. The van der Waals surface area contributed by atoms with Crippen LogP contribution < -0.4 is 5.32 Å². The molecular formula is C18H24N6O. The number of aromatic nitrogens is 4. The molecule has 1 aliphatic carbocycles. The topological polar surface area (TPSA) is 75.9 Å². The van der Waals surface area contributed by atoms with Crippen LogP contribution in [0.2, 0.25) is 0 Å². The smallest absolute Gasteiger partial charge is 0.241 e. The Labute approximate surface area is 147 Å². The molecular weight excluding hydrogens is 316 g/mol. The number of rotatable bonds is 4. The van der Waals surface area contributed by atoms with Gasteiger partial charge in [-0.3, -0.25) is 9.69 Å². The van der Waals surface area contributed by atoms with Crippen molar-refractivity contribution >= 4 is 11.6 Å². The number of benzene rings is 1. The Hall–Kier alpha value is -2.28. The molecule has 0 unspecified atom stereocenters. The average Bonchev–Trinajstić information content (AvgIpc) is 3.34. The first-order chi connectivity index (χ1) is 12.3. The Morgan fingerprint density at radius 3 is 2.80 bits per heavy atom. The van der Waals surface area contributed by atoms with E-state index in [4.69, 9.17) is 0 Å². The number of tetrazole rings is 1. The fourth-order valence-electron chi connectivity index (χ4n) is 4.15. The van der Waals surface area contributed by atoms with Crippen LogP contribution in [-0.4, -0.2) is 49.6 Å². The Morgan fingerprint density at radius 1 is 1.12 bits per heavy atom. The normalized spacial score (nSPS) is 22.2. The van der Waals surface area contributed by atoms with Crippen molar-refractivity contribution in [3.05, 3.63) is 30.6 Å². The van der Waals surface area contributed by atoms with E-state index in [9.17, 15) is 4.79 Å². The molecule has 1 aliphatic heterocycles. The van der Waals surface area contributed by atoms with Crippen molar-refractivity contribution < 1.29 is 4.79 Å². The van der Waals surface area contributed by atoms with Gasteiger partial charge in [0.2, 0.25) is 5.91 Å². The van der Waals surface area contributed by atoms with Gasteiger partial charge < -0.3 is 5.32 Å². The van der Waals surface area contributed by atoms with E-state index in [1.165, 1.54) is 32.1 Å². The molecule has 7 heteroatoms. The summed E-state index contributed by atoms with van der Waals surface area (Å²) in [5, 5.41) is 14.3. The van der Waals surface area contributed by atoms with Gasteiger partial charge in [0.25, 0.3) is 0 Å². The Kier molecular flexibility index (Phi) is 4.74. The largest absolute Gasteiger partial charge is 0.325 e. The lowest BCUT2D eigenvalue weighted by Crippen LogP contribution is -2.46. The van der Waals surface area contributed by atoms with E-state index in [0.717, 1.165) is 30.8 Å². The van der Waals surface area contributed by atoms with E-state index in [-0.39, 0.29) is 11.9 Å². The highest BCUT2D eigenvalue weighted by molar-refractivity contribution is 5.95. The van der Waals surface area contributed by atoms with Gasteiger partial charge in [-0.15, -0.1) is 5.10 Å². The number of hydrogen-bond donors (Lipinski definition) is 1. The molecule has 2 fully saturated rings. The third-order valence-corrected chi connectivity index (χ3v) is 5.37. The van der Waals surface area contributed by atoms with Gasteiger partial charge in [-0.2, -0.15) is 0 Å². The van der Waals surface area contributed by atoms with Gasteiger partial charge in [-0.05, 0) is 60.9 Å². The van der Waals surface area contributed by atoms with Crippen molar-refractivity contribution in [1.82, 2.24) is 25.1 Å². The van der Waals surface area contributed by atoms with Gasteiger partial charge in [-0.1, -0.05) is 25.3 Å². The van der Waals surface area contributed by atoms with Crippen LogP contribution in [0.15, 0.2) is 30.6 Å². The van der Waals surface area contributed by atoms with Crippen molar-refractivity contribution in [2.24, 2.45) is 0 Å². The molecule has 2 aliphatic rings. The molecule has 4 rings (SSSR count). The second kappa shape index (κ2) is 7.31. The predicted octanol–water partition coefficient (Wildman–Crippen LogP) is 2.40. The molecule has 0 bridgehead atoms. The standard InChI is InChI=1S/C18H24N6O/c25-18(17-10-5-11-23(17)15-7-2-1-3-8-15)20-14-6-4-9-16(12-14)24-13-19-21-22-24/h4,6,9,12-13,15,17H,1-3,5,7-8,10-11H2,(H,20,25)/t17-/m0/s1. The van der Waals surface area contributed by atoms with E-state index in [0.29, 0.717) is 6.04 Å². The highest BCUT2D eigenvalue weighted by Gasteiger charge is 2.35. The number of carbonyl (C=O) groups is 1. The maximum Gasteiger partial charge on any atom is 0.241 e. The van der Waals surface area contributed by atoms with Crippen LogP contribution >= 0.6 is 0 Å². The van der Waals surface area contributed by atoms with Crippen LogP contribution in [-0.2, 0) is 4.79 Å². The molecule has 1 aromatic carbocycles. The molecule has 2 aromatic rings. The van der Waals surface area contributed by atoms with Gasteiger partial charge in [0, 0.05) is 11.7 Å². The molecule has 1 N–H and O–H groups in total. The average molecular weight is 340 g/mol. The zero-order chi connectivity index (χ0) is 17.1. The first-order valence-electron chi connectivity index (χ1n) is 9.21. The van der Waals surface area contributed by atoms with Gasteiger partial charge in [0.1, 0.15) is 6.33 Å². The Bertz CT molecular complexity index is 710. The SMILES string of the molecule is O=C(Nc1cccc(-n2cnnn2)c1)[C@@H]1CCCN1C1CCCCC1. The lowest BCUT2D eigenvalue weighted by molar-refractivity contribution is -0.121. The molecule has 1 aromatic heterocycles. The van der Waals surface area contributed by atoms with Crippen LogP contribution in [0.3, 0.4) is 0 Å². The molecule has 1 saturated heterocycles. The van der Waals surface area contributed by atoms with Crippen molar-refractivity contribution in [3.8, 4) is 5.69 Å². The lowest BCUT2D eigenvalue weighted by atomic mass is 9.93. The van der Waals surface area contributed by atoms with E-state index < -0.39 is 0 Å². The maximum atomic E-state index is 12.9. The maximum absolute atomic E-state index is 12.9. The molecule has 0 radical (unpaired) electrons. The van der Waals surface area contributed by atoms with Gasteiger partial charge >= 0.3 is 0 Å². The summed E-state index contributed by atoms with van der Waals surface area (Å²) in [6.45, 7) is 1.05. The second-order valence-electron chi connectivity index (χ2n) is 6.98. The summed E-state index contributed by atoms with van der Waals surface area (Å²) in [7, 11) is 0. The molecule has 25 heavy (non-hydrogen) atoms. The Morgan fingerprint density at radius 2 is 2.00 bits per heavy atom. The molecule has 1 saturated carbocycles. The third kappa shape index (κ3) is 3.56. The molecule has 7 nitrogen and oxygen atoms in total. The number of hydrogen-bond acceptors (Lipinski definition) is 5. The number of nitrogens with one attached hydrogen (secondary N) is 1. The molecule has 2 heterocycles. The summed E-state index contributed by atoms with van der Waals surface area (Å²) in [5.74, 6) is 0.108. The van der Waals surface area contributed by atoms with Crippen LogP contribution in [0.1, 0.15) is 44.9 Å². The monoisotopic (exact) mass is 340 g/mol. The molecule has 0 spiro atoms. The first-order valence-corrected chi connectivity index (χ1v) is 9.21. The highest BCUT2D eigenvalue weighted by Crippen LogP contribution is 2.29. The minimum atomic E-state index is -0.000192. The number of amides is 1. The van der Waals surface area contributed by atoms with Crippen molar-refractivity contribution in [2.45, 2.75) is 57.0 Å². The summed E-state index contributed by atoms with van der Waals surface area (Å²) in [5.41, 5.74) is 1.62. The number of anilines is 1. The summed E-state index contributed by atoms with van der Waals surface area (Å²) >= 11 is 0. The van der Waals surface area contributed by atoms with Crippen LogP contribution in [0.4, 0.5) is 5.69 Å². The lowest BCUT2D eigenvalue weighted by Gasteiger charge is -2.34. The quantitative estimate of drug-likeness (QED) is 0.925. The molecule has 1 amide bonds.